The first-order valence-corrected chi connectivity index (χ1v) is 8.36. The SMILES string of the molecule is CCS(=O)(=O)CCCOc1c(C)cc(Br)cc1N. The van der Waals surface area contributed by atoms with Gasteiger partial charge in [0.05, 0.1) is 18.0 Å². The molecule has 102 valence electrons. The van der Waals surface area contributed by atoms with Gasteiger partial charge in [0.2, 0.25) is 0 Å². The zero-order valence-corrected chi connectivity index (χ0v) is 13.0. The smallest absolute Gasteiger partial charge is 0.150 e. The van der Waals surface area contributed by atoms with Crippen LogP contribution in [-0.4, -0.2) is 26.5 Å². The second-order valence-electron chi connectivity index (χ2n) is 4.08. The highest BCUT2D eigenvalue weighted by atomic mass is 79.9. The fourth-order valence-electron chi connectivity index (χ4n) is 1.55. The van der Waals surface area contributed by atoms with Gasteiger partial charge in [-0.1, -0.05) is 22.9 Å². The number of ether oxygens (including phenoxy) is 1. The summed E-state index contributed by atoms with van der Waals surface area (Å²) in [5.74, 6) is 0.956. The van der Waals surface area contributed by atoms with Crippen molar-refractivity contribution in [1.82, 2.24) is 0 Å². The van der Waals surface area contributed by atoms with E-state index in [4.69, 9.17) is 10.5 Å². The lowest BCUT2D eigenvalue weighted by Gasteiger charge is -2.12. The summed E-state index contributed by atoms with van der Waals surface area (Å²) in [6.07, 6.45) is 0.477. The van der Waals surface area contributed by atoms with Gasteiger partial charge in [0.1, 0.15) is 15.6 Å². The summed E-state index contributed by atoms with van der Waals surface area (Å²) in [7, 11) is -2.92. The highest BCUT2D eigenvalue weighted by Crippen LogP contribution is 2.30. The second kappa shape index (κ2) is 6.43. The van der Waals surface area contributed by atoms with E-state index >= 15 is 0 Å². The van der Waals surface area contributed by atoms with Crippen molar-refractivity contribution in [1.29, 1.82) is 0 Å². The maximum atomic E-state index is 11.3. The molecule has 1 rings (SSSR count). The molecule has 0 atom stereocenters. The summed E-state index contributed by atoms with van der Waals surface area (Å²) >= 11 is 3.35. The number of hydrogen-bond acceptors (Lipinski definition) is 4. The Kier molecular flexibility index (Phi) is 5.47. The Labute approximate surface area is 117 Å². The molecule has 0 radical (unpaired) electrons. The van der Waals surface area contributed by atoms with E-state index in [1.54, 1.807) is 13.0 Å². The normalized spacial score (nSPS) is 11.5. The number of rotatable bonds is 6. The van der Waals surface area contributed by atoms with E-state index in [0.29, 0.717) is 24.5 Å². The topological polar surface area (TPSA) is 69.4 Å². The zero-order valence-electron chi connectivity index (χ0n) is 10.6. The number of halogens is 1. The summed E-state index contributed by atoms with van der Waals surface area (Å²) < 4.78 is 29.1. The van der Waals surface area contributed by atoms with Crippen LogP contribution < -0.4 is 10.5 Å². The van der Waals surface area contributed by atoms with Crippen molar-refractivity contribution in [3.63, 3.8) is 0 Å². The van der Waals surface area contributed by atoms with Crippen LogP contribution in [0.1, 0.15) is 18.9 Å². The summed E-state index contributed by atoms with van der Waals surface area (Å²) in [6.45, 7) is 3.90. The molecule has 6 heteroatoms. The average Bonchev–Trinajstić information content (AvgIpc) is 2.26. The molecule has 0 amide bonds. The lowest BCUT2D eigenvalue weighted by atomic mass is 10.2. The minimum Gasteiger partial charge on any atom is -0.491 e. The van der Waals surface area contributed by atoms with Crippen molar-refractivity contribution in [2.75, 3.05) is 23.8 Å². The first-order valence-electron chi connectivity index (χ1n) is 5.74. The van der Waals surface area contributed by atoms with Gasteiger partial charge in [0.15, 0.2) is 0 Å². The van der Waals surface area contributed by atoms with Crippen molar-refractivity contribution in [2.45, 2.75) is 20.3 Å². The third kappa shape index (κ3) is 4.49. The molecule has 0 fully saturated rings. The molecule has 0 spiro atoms. The van der Waals surface area contributed by atoms with Gasteiger partial charge < -0.3 is 10.5 Å². The summed E-state index contributed by atoms with van der Waals surface area (Å²) in [5.41, 5.74) is 7.33. The Morgan fingerprint density at radius 2 is 2.06 bits per heavy atom. The van der Waals surface area contributed by atoms with E-state index in [-0.39, 0.29) is 11.5 Å². The van der Waals surface area contributed by atoms with Gasteiger partial charge in [0.25, 0.3) is 0 Å². The first kappa shape index (κ1) is 15.3. The van der Waals surface area contributed by atoms with Crippen LogP contribution in [-0.2, 0) is 9.84 Å². The number of aryl methyl sites for hydroxylation is 1. The van der Waals surface area contributed by atoms with Gasteiger partial charge >= 0.3 is 0 Å². The fourth-order valence-corrected chi connectivity index (χ4v) is 2.99. The third-order valence-corrected chi connectivity index (χ3v) is 4.80. The summed E-state index contributed by atoms with van der Waals surface area (Å²) in [5, 5.41) is 0. The van der Waals surface area contributed by atoms with E-state index in [1.165, 1.54) is 0 Å². The number of benzene rings is 1. The molecule has 4 nitrogen and oxygen atoms in total. The van der Waals surface area contributed by atoms with E-state index in [9.17, 15) is 8.42 Å². The third-order valence-electron chi connectivity index (χ3n) is 2.55. The van der Waals surface area contributed by atoms with Gasteiger partial charge in [-0.15, -0.1) is 0 Å². The predicted octanol–water partition coefficient (Wildman–Crippen LogP) is 2.54. The Morgan fingerprint density at radius 1 is 1.39 bits per heavy atom. The lowest BCUT2D eigenvalue weighted by molar-refractivity contribution is 0.317. The molecule has 0 unspecified atom stereocenters. The second-order valence-corrected chi connectivity index (χ2v) is 7.47. The molecular weight excluding hydrogens is 318 g/mol. The number of nitrogen functional groups attached to an aromatic ring is 1. The van der Waals surface area contributed by atoms with Crippen LogP contribution >= 0.6 is 15.9 Å². The molecule has 0 aliphatic carbocycles. The van der Waals surface area contributed by atoms with Gasteiger partial charge in [-0.25, -0.2) is 8.42 Å². The summed E-state index contributed by atoms with van der Waals surface area (Å²) in [4.78, 5) is 0. The molecular formula is C12H18BrNO3S. The van der Waals surface area contributed by atoms with Crippen LogP contribution in [0.15, 0.2) is 16.6 Å². The van der Waals surface area contributed by atoms with Gasteiger partial charge in [0, 0.05) is 10.2 Å². The van der Waals surface area contributed by atoms with Crippen LogP contribution in [0.2, 0.25) is 0 Å². The molecule has 0 saturated heterocycles. The number of sulfone groups is 1. The van der Waals surface area contributed by atoms with Crippen LogP contribution in [0, 0.1) is 6.92 Å². The minimum atomic E-state index is -2.92. The van der Waals surface area contributed by atoms with E-state index in [2.05, 4.69) is 15.9 Å². The minimum absolute atomic E-state index is 0.152. The molecule has 0 aliphatic rings. The highest BCUT2D eigenvalue weighted by molar-refractivity contribution is 9.10. The molecule has 0 bridgehead atoms. The first-order chi connectivity index (χ1) is 8.35. The standard InChI is InChI=1S/C12H18BrNO3S/c1-3-18(15,16)6-4-5-17-12-9(2)7-10(13)8-11(12)14/h7-8H,3-6,14H2,1-2H3. The van der Waals surface area contributed by atoms with Crippen molar-refractivity contribution in [3.8, 4) is 5.75 Å². The molecule has 0 saturated carbocycles. The molecule has 2 N–H and O–H groups in total. The van der Waals surface area contributed by atoms with Gasteiger partial charge in [-0.3, -0.25) is 0 Å². The summed E-state index contributed by atoms with van der Waals surface area (Å²) in [6, 6.07) is 3.68. The molecule has 1 aromatic rings. The van der Waals surface area contributed by atoms with E-state index < -0.39 is 9.84 Å². The monoisotopic (exact) mass is 335 g/mol. The molecule has 18 heavy (non-hydrogen) atoms. The van der Waals surface area contributed by atoms with Crippen LogP contribution in [0.3, 0.4) is 0 Å². The van der Waals surface area contributed by atoms with E-state index in [0.717, 1.165) is 10.0 Å². The molecule has 0 heterocycles. The van der Waals surface area contributed by atoms with Crippen molar-refractivity contribution in [2.24, 2.45) is 0 Å². The largest absolute Gasteiger partial charge is 0.491 e. The molecule has 0 aliphatic heterocycles. The number of anilines is 1. The lowest BCUT2D eigenvalue weighted by Crippen LogP contribution is -2.12. The Morgan fingerprint density at radius 3 is 2.61 bits per heavy atom. The number of hydrogen-bond donors (Lipinski definition) is 1. The highest BCUT2D eigenvalue weighted by Gasteiger charge is 2.09. The molecule has 0 aromatic heterocycles. The van der Waals surface area contributed by atoms with Gasteiger partial charge in [-0.05, 0) is 31.0 Å². The average molecular weight is 336 g/mol. The van der Waals surface area contributed by atoms with Crippen LogP contribution in [0.4, 0.5) is 5.69 Å². The maximum Gasteiger partial charge on any atom is 0.150 e. The predicted molar refractivity (Wildman–Crippen MR) is 77.7 cm³/mol. The van der Waals surface area contributed by atoms with Crippen molar-refractivity contribution >= 4 is 31.5 Å². The van der Waals surface area contributed by atoms with Crippen molar-refractivity contribution in [3.05, 3.63) is 22.2 Å². The Hall–Kier alpha value is -0.750. The van der Waals surface area contributed by atoms with Crippen LogP contribution in [0.5, 0.6) is 5.75 Å². The fraction of sp³-hybridized carbons (Fsp3) is 0.500. The Bertz CT molecular complexity index is 491. The van der Waals surface area contributed by atoms with Gasteiger partial charge in [-0.2, -0.15) is 0 Å². The van der Waals surface area contributed by atoms with Crippen LogP contribution in [0.25, 0.3) is 0 Å². The van der Waals surface area contributed by atoms with Crippen molar-refractivity contribution < 1.29 is 13.2 Å². The number of nitrogens with two attached hydrogens (primary N) is 1. The zero-order chi connectivity index (χ0) is 13.8. The van der Waals surface area contributed by atoms with E-state index in [1.807, 2.05) is 13.0 Å². The molecule has 1 aromatic carbocycles. The Balaban J connectivity index is 2.55. The maximum absolute atomic E-state index is 11.3. The quantitative estimate of drug-likeness (QED) is 0.640.